The molecule has 6 heteroatoms. The average Bonchev–Trinajstić information content (AvgIpc) is 2.99. The number of nitrogens with one attached hydrogen (secondary N) is 2. The standard InChI is InChI=1S/C16H20N4OS/c1-20(10-11-8-18-9-11)16(21)19-14-7-12(4-5-13(14)17)15-3-2-6-22-15/h2-7,11,18H,8-10,17H2,1H3,(H,19,21). The van der Waals surface area contributed by atoms with Crippen LogP contribution < -0.4 is 16.4 Å². The topological polar surface area (TPSA) is 70.4 Å². The zero-order chi connectivity index (χ0) is 15.5. The Bertz CT molecular complexity index is 652. The number of hydrogen-bond donors (Lipinski definition) is 3. The van der Waals surface area contributed by atoms with Crippen LogP contribution >= 0.6 is 11.3 Å². The van der Waals surface area contributed by atoms with E-state index in [0.717, 1.165) is 30.1 Å². The molecule has 3 rings (SSSR count). The summed E-state index contributed by atoms with van der Waals surface area (Å²) in [5, 5.41) is 8.15. The monoisotopic (exact) mass is 316 g/mol. The van der Waals surface area contributed by atoms with Crippen LogP contribution in [0.15, 0.2) is 35.7 Å². The minimum Gasteiger partial charge on any atom is -0.397 e. The number of nitrogens with zero attached hydrogens (tertiary/aromatic N) is 1. The van der Waals surface area contributed by atoms with Crippen LogP contribution in [0.25, 0.3) is 10.4 Å². The van der Waals surface area contributed by atoms with Gasteiger partial charge in [-0.15, -0.1) is 11.3 Å². The molecule has 1 aliphatic heterocycles. The van der Waals surface area contributed by atoms with Gasteiger partial charge in [0.2, 0.25) is 0 Å². The van der Waals surface area contributed by atoms with E-state index in [1.165, 1.54) is 0 Å². The number of hydrogen-bond acceptors (Lipinski definition) is 4. The first-order chi connectivity index (χ1) is 10.6. The zero-order valence-corrected chi connectivity index (χ0v) is 13.3. The van der Waals surface area contributed by atoms with Crippen LogP contribution in [0, 0.1) is 5.92 Å². The van der Waals surface area contributed by atoms with E-state index in [9.17, 15) is 4.79 Å². The van der Waals surface area contributed by atoms with Gasteiger partial charge in [0.15, 0.2) is 0 Å². The SMILES string of the molecule is CN(CC1CNC1)C(=O)Nc1cc(-c2cccs2)ccc1N. The number of carbonyl (C=O) groups is 1. The molecule has 2 amide bonds. The summed E-state index contributed by atoms with van der Waals surface area (Å²) < 4.78 is 0. The summed E-state index contributed by atoms with van der Waals surface area (Å²) in [5.41, 5.74) is 8.29. The Balaban J connectivity index is 1.70. The van der Waals surface area contributed by atoms with Crippen LogP contribution in [0.5, 0.6) is 0 Å². The summed E-state index contributed by atoms with van der Waals surface area (Å²) in [4.78, 5) is 15.1. The second-order valence-electron chi connectivity index (χ2n) is 5.61. The maximum Gasteiger partial charge on any atom is 0.321 e. The van der Waals surface area contributed by atoms with Crippen LogP contribution in [-0.4, -0.2) is 37.6 Å². The number of anilines is 2. The first-order valence-corrected chi connectivity index (χ1v) is 8.17. The Hall–Kier alpha value is -2.05. The minimum atomic E-state index is -0.123. The maximum atomic E-state index is 12.3. The van der Waals surface area contributed by atoms with Gasteiger partial charge in [0.1, 0.15) is 0 Å². The van der Waals surface area contributed by atoms with E-state index < -0.39 is 0 Å². The number of urea groups is 1. The Labute approximate surface area is 134 Å². The molecule has 0 bridgehead atoms. The van der Waals surface area contributed by atoms with Crippen LogP contribution in [-0.2, 0) is 0 Å². The van der Waals surface area contributed by atoms with E-state index in [0.29, 0.717) is 17.3 Å². The molecule has 0 atom stereocenters. The quantitative estimate of drug-likeness (QED) is 0.760. The second-order valence-corrected chi connectivity index (χ2v) is 6.56. The molecule has 5 nitrogen and oxygen atoms in total. The van der Waals surface area contributed by atoms with Gasteiger partial charge in [0, 0.05) is 37.5 Å². The number of nitrogen functional groups attached to an aromatic ring is 1. The molecule has 2 heterocycles. The van der Waals surface area contributed by atoms with Gasteiger partial charge >= 0.3 is 6.03 Å². The largest absolute Gasteiger partial charge is 0.397 e. The highest BCUT2D eigenvalue weighted by Gasteiger charge is 2.21. The molecule has 116 valence electrons. The Morgan fingerprint density at radius 2 is 2.27 bits per heavy atom. The molecule has 1 aromatic heterocycles. The number of nitrogens with two attached hydrogens (primary N) is 1. The molecule has 1 aliphatic rings. The summed E-state index contributed by atoms with van der Waals surface area (Å²) >= 11 is 1.66. The van der Waals surface area contributed by atoms with Gasteiger partial charge < -0.3 is 21.3 Å². The highest BCUT2D eigenvalue weighted by atomic mass is 32.1. The fourth-order valence-corrected chi connectivity index (χ4v) is 3.14. The zero-order valence-electron chi connectivity index (χ0n) is 12.5. The summed E-state index contributed by atoms with van der Waals surface area (Å²) in [5.74, 6) is 0.547. The first-order valence-electron chi connectivity index (χ1n) is 7.29. The van der Waals surface area contributed by atoms with Crippen molar-refractivity contribution in [2.75, 3.05) is 37.7 Å². The van der Waals surface area contributed by atoms with E-state index in [1.54, 1.807) is 16.2 Å². The number of carbonyl (C=O) groups excluding carboxylic acids is 1. The Kier molecular flexibility index (Phi) is 4.31. The Morgan fingerprint density at radius 1 is 1.45 bits per heavy atom. The number of thiophene rings is 1. The van der Waals surface area contributed by atoms with Crippen molar-refractivity contribution >= 4 is 28.7 Å². The van der Waals surface area contributed by atoms with Gasteiger partial charge in [-0.3, -0.25) is 0 Å². The predicted molar refractivity (Wildman–Crippen MR) is 92.2 cm³/mol. The number of benzene rings is 1. The van der Waals surface area contributed by atoms with E-state index in [-0.39, 0.29) is 6.03 Å². The molecule has 4 N–H and O–H groups in total. The van der Waals surface area contributed by atoms with E-state index in [1.807, 2.05) is 36.7 Å². The fourth-order valence-electron chi connectivity index (χ4n) is 2.42. The van der Waals surface area contributed by atoms with Crippen molar-refractivity contribution < 1.29 is 4.79 Å². The molecule has 0 aliphatic carbocycles. The summed E-state index contributed by atoms with van der Waals surface area (Å²) in [6.07, 6.45) is 0. The molecule has 1 saturated heterocycles. The molecule has 1 aromatic carbocycles. The highest BCUT2D eigenvalue weighted by Crippen LogP contribution is 2.30. The third kappa shape index (κ3) is 3.23. The van der Waals surface area contributed by atoms with Crippen molar-refractivity contribution in [3.05, 3.63) is 35.7 Å². The van der Waals surface area contributed by atoms with Crippen molar-refractivity contribution in [2.45, 2.75) is 0 Å². The number of rotatable bonds is 4. The van der Waals surface area contributed by atoms with Crippen LogP contribution in [0.3, 0.4) is 0 Å². The highest BCUT2D eigenvalue weighted by molar-refractivity contribution is 7.13. The smallest absolute Gasteiger partial charge is 0.321 e. The Morgan fingerprint density at radius 3 is 2.91 bits per heavy atom. The molecule has 0 unspecified atom stereocenters. The molecule has 0 saturated carbocycles. The third-order valence-corrected chi connectivity index (χ3v) is 4.76. The van der Waals surface area contributed by atoms with E-state index >= 15 is 0 Å². The fraction of sp³-hybridized carbons (Fsp3) is 0.312. The molecule has 22 heavy (non-hydrogen) atoms. The normalized spacial score (nSPS) is 14.4. The predicted octanol–water partition coefficient (Wildman–Crippen LogP) is 2.68. The first kappa shape index (κ1) is 14.9. The molecule has 0 radical (unpaired) electrons. The van der Waals surface area contributed by atoms with Crippen molar-refractivity contribution in [2.24, 2.45) is 5.92 Å². The van der Waals surface area contributed by atoms with Gasteiger partial charge in [-0.1, -0.05) is 12.1 Å². The molecular weight excluding hydrogens is 296 g/mol. The van der Waals surface area contributed by atoms with Gasteiger partial charge in [-0.05, 0) is 29.1 Å². The molecule has 0 spiro atoms. The van der Waals surface area contributed by atoms with E-state index in [2.05, 4.69) is 16.7 Å². The van der Waals surface area contributed by atoms with Crippen molar-refractivity contribution in [3.63, 3.8) is 0 Å². The van der Waals surface area contributed by atoms with Gasteiger partial charge in [0.25, 0.3) is 0 Å². The maximum absolute atomic E-state index is 12.3. The summed E-state index contributed by atoms with van der Waals surface area (Å²) in [6, 6.07) is 9.67. The lowest BCUT2D eigenvalue weighted by atomic mass is 10.0. The lowest BCUT2D eigenvalue weighted by Gasteiger charge is -2.31. The van der Waals surface area contributed by atoms with Crippen LogP contribution in [0.2, 0.25) is 0 Å². The molecule has 1 fully saturated rings. The third-order valence-electron chi connectivity index (χ3n) is 3.85. The van der Waals surface area contributed by atoms with Gasteiger partial charge in [-0.2, -0.15) is 0 Å². The van der Waals surface area contributed by atoms with Crippen LogP contribution in [0.1, 0.15) is 0 Å². The van der Waals surface area contributed by atoms with Crippen molar-refractivity contribution in [3.8, 4) is 10.4 Å². The minimum absolute atomic E-state index is 0.123. The molecular formula is C16H20N4OS. The van der Waals surface area contributed by atoms with Gasteiger partial charge in [-0.25, -0.2) is 4.79 Å². The van der Waals surface area contributed by atoms with Gasteiger partial charge in [0.05, 0.1) is 11.4 Å². The molecule has 2 aromatic rings. The second kappa shape index (κ2) is 6.37. The average molecular weight is 316 g/mol. The van der Waals surface area contributed by atoms with Crippen molar-refractivity contribution in [1.82, 2.24) is 10.2 Å². The van der Waals surface area contributed by atoms with E-state index in [4.69, 9.17) is 5.73 Å². The van der Waals surface area contributed by atoms with Crippen LogP contribution in [0.4, 0.5) is 16.2 Å². The summed E-state index contributed by atoms with van der Waals surface area (Å²) in [6.45, 7) is 2.71. The van der Waals surface area contributed by atoms with Crippen molar-refractivity contribution in [1.29, 1.82) is 0 Å². The lowest BCUT2D eigenvalue weighted by molar-refractivity contribution is 0.201. The number of amides is 2. The lowest BCUT2D eigenvalue weighted by Crippen LogP contribution is -2.49. The summed E-state index contributed by atoms with van der Waals surface area (Å²) in [7, 11) is 1.81.